The number of carbonyl (C=O) groups is 2. The first-order chi connectivity index (χ1) is 12.4. The van der Waals surface area contributed by atoms with Crippen molar-refractivity contribution in [2.45, 2.75) is 6.54 Å². The summed E-state index contributed by atoms with van der Waals surface area (Å²) in [6.45, 7) is 0.0590. The molecule has 0 aromatic heterocycles. The van der Waals surface area contributed by atoms with Gasteiger partial charge in [0.2, 0.25) is 5.75 Å². The number of hydrogen-bond acceptors (Lipinski definition) is 6. The zero-order valence-corrected chi connectivity index (χ0v) is 14.7. The fourth-order valence-electron chi connectivity index (χ4n) is 2.41. The molecule has 1 fully saturated rings. The molecule has 1 heterocycles. The van der Waals surface area contributed by atoms with Gasteiger partial charge in [0, 0.05) is 16.7 Å². The van der Waals surface area contributed by atoms with Gasteiger partial charge in [-0.15, -0.1) is 0 Å². The summed E-state index contributed by atoms with van der Waals surface area (Å²) in [7, 11) is 0. The minimum atomic E-state index is -0.725. The van der Waals surface area contributed by atoms with Gasteiger partial charge in [-0.05, 0) is 35.5 Å². The molecule has 1 aliphatic heterocycles. The predicted molar refractivity (Wildman–Crippen MR) is 97.7 cm³/mol. The van der Waals surface area contributed by atoms with Crippen LogP contribution in [0.1, 0.15) is 11.1 Å². The first-order valence-corrected chi connectivity index (χ1v) is 8.52. The number of para-hydroxylation sites is 1. The van der Waals surface area contributed by atoms with Crippen LogP contribution in [0.3, 0.4) is 0 Å². The molecule has 1 N–H and O–H groups in total. The van der Waals surface area contributed by atoms with E-state index in [1.165, 1.54) is 18.2 Å². The highest BCUT2D eigenvalue weighted by Gasteiger charge is 2.35. The highest BCUT2D eigenvalue weighted by atomic mass is 35.5. The second kappa shape index (κ2) is 7.19. The molecule has 9 heteroatoms. The molecule has 1 aliphatic rings. The minimum Gasteiger partial charge on any atom is -0.502 e. The van der Waals surface area contributed by atoms with E-state index in [4.69, 9.17) is 11.6 Å². The van der Waals surface area contributed by atoms with Crippen molar-refractivity contribution in [2.75, 3.05) is 0 Å². The number of carbonyl (C=O) groups excluding carboxylic acids is 2. The van der Waals surface area contributed by atoms with E-state index in [1.807, 2.05) is 0 Å². The maximum Gasteiger partial charge on any atom is 0.311 e. The van der Waals surface area contributed by atoms with Gasteiger partial charge in [-0.2, -0.15) is 0 Å². The number of nitrogens with zero attached hydrogens (tertiary/aromatic N) is 2. The maximum atomic E-state index is 12.5. The van der Waals surface area contributed by atoms with E-state index in [-0.39, 0.29) is 17.0 Å². The molecule has 0 spiro atoms. The van der Waals surface area contributed by atoms with Gasteiger partial charge in [0.15, 0.2) is 0 Å². The second-order valence-corrected chi connectivity index (χ2v) is 6.80. The fourth-order valence-corrected chi connectivity index (χ4v) is 3.45. The molecule has 132 valence electrons. The number of aromatic hydroxyl groups is 1. The molecule has 0 saturated carbocycles. The average molecular weight is 391 g/mol. The third kappa shape index (κ3) is 3.56. The molecule has 0 atom stereocenters. The summed E-state index contributed by atoms with van der Waals surface area (Å²) in [5.41, 5.74) is 0.309. The summed E-state index contributed by atoms with van der Waals surface area (Å²) in [5, 5.41) is 20.9. The molecule has 0 unspecified atom stereocenters. The Bertz CT molecular complexity index is 960. The number of imide groups is 1. The first-order valence-electron chi connectivity index (χ1n) is 7.33. The second-order valence-electron chi connectivity index (χ2n) is 5.37. The number of thioether (sulfide) groups is 1. The number of halogens is 1. The quantitative estimate of drug-likeness (QED) is 0.477. The van der Waals surface area contributed by atoms with Crippen molar-refractivity contribution < 1.29 is 19.6 Å². The number of rotatable bonds is 4. The summed E-state index contributed by atoms with van der Waals surface area (Å²) < 4.78 is 0. The summed E-state index contributed by atoms with van der Waals surface area (Å²) in [6, 6.07) is 10.8. The number of phenolic OH excluding ortho intramolecular Hbond substituents is 1. The molecule has 2 aromatic carbocycles. The monoisotopic (exact) mass is 390 g/mol. The van der Waals surface area contributed by atoms with Crippen LogP contribution < -0.4 is 0 Å². The number of benzene rings is 2. The van der Waals surface area contributed by atoms with Crippen LogP contribution in [0.4, 0.5) is 10.5 Å². The largest absolute Gasteiger partial charge is 0.502 e. The molecule has 0 radical (unpaired) electrons. The Balaban J connectivity index is 1.88. The van der Waals surface area contributed by atoms with E-state index in [1.54, 1.807) is 24.3 Å². The Kier molecular flexibility index (Phi) is 4.97. The third-order valence-corrected chi connectivity index (χ3v) is 4.78. The molecule has 0 bridgehead atoms. The van der Waals surface area contributed by atoms with Crippen molar-refractivity contribution in [2.24, 2.45) is 0 Å². The van der Waals surface area contributed by atoms with Crippen molar-refractivity contribution in [3.05, 3.63) is 73.6 Å². The lowest BCUT2D eigenvalue weighted by molar-refractivity contribution is -0.385. The highest BCUT2D eigenvalue weighted by Crippen LogP contribution is 2.37. The zero-order valence-electron chi connectivity index (χ0n) is 13.1. The number of phenols is 1. The van der Waals surface area contributed by atoms with Crippen molar-refractivity contribution in [3.8, 4) is 5.75 Å². The van der Waals surface area contributed by atoms with Crippen molar-refractivity contribution in [3.63, 3.8) is 0 Å². The van der Waals surface area contributed by atoms with E-state index >= 15 is 0 Å². The van der Waals surface area contributed by atoms with Crippen molar-refractivity contribution >= 4 is 46.3 Å². The molecular formula is C17H11ClN2O5S. The SMILES string of the molecule is O=C1S/C(=C\c2cccc([N+](=O)[O-])c2O)C(=O)N1Cc1cccc(Cl)c1. The zero-order chi connectivity index (χ0) is 18.8. The van der Waals surface area contributed by atoms with Gasteiger partial charge in [-0.3, -0.25) is 24.6 Å². The van der Waals surface area contributed by atoms with Crippen LogP contribution in [-0.4, -0.2) is 26.1 Å². The molecule has 7 nitrogen and oxygen atoms in total. The van der Waals surface area contributed by atoms with Crippen LogP contribution >= 0.6 is 23.4 Å². The van der Waals surface area contributed by atoms with Crippen LogP contribution in [0, 0.1) is 10.1 Å². The smallest absolute Gasteiger partial charge is 0.311 e. The molecule has 1 saturated heterocycles. The Hall–Kier alpha value is -2.84. The standard InChI is InChI=1S/C17H11ClN2O5S/c18-12-5-1-3-10(7-12)9-19-16(22)14(26-17(19)23)8-11-4-2-6-13(15(11)21)20(24)25/h1-8,21H,9H2/b14-8-. The third-order valence-electron chi connectivity index (χ3n) is 3.63. The van der Waals surface area contributed by atoms with Gasteiger partial charge in [-0.1, -0.05) is 35.9 Å². The van der Waals surface area contributed by atoms with Crippen LogP contribution in [0.15, 0.2) is 47.4 Å². The number of nitro groups is 1. The summed E-state index contributed by atoms with van der Waals surface area (Å²) >= 11 is 6.62. The van der Waals surface area contributed by atoms with Crippen LogP contribution in [0.25, 0.3) is 6.08 Å². The van der Waals surface area contributed by atoms with Gasteiger partial charge in [0.25, 0.3) is 11.1 Å². The summed E-state index contributed by atoms with van der Waals surface area (Å²) in [5.74, 6) is -1.09. The van der Waals surface area contributed by atoms with Gasteiger partial charge >= 0.3 is 5.69 Å². The van der Waals surface area contributed by atoms with Crippen molar-refractivity contribution in [1.82, 2.24) is 4.90 Å². The first kappa shape index (κ1) is 18.0. The summed E-state index contributed by atoms with van der Waals surface area (Å²) in [4.78, 5) is 36.0. The minimum absolute atomic E-state index is 0.0590. The molecule has 0 aliphatic carbocycles. The average Bonchev–Trinajstić information content (AvgIpc) is 2.84. The Morgan fingerprint density at radius 3 is 2.65 bits per heavy atom. The maximum absolute atomic E-state index is 12.5. The highest BCUT2D eigenvalue weighted by molar-refractivity contribution is 8.18. The van der Waals surface area contributed by atoms with E-state index in [0.717, 1.165) is 11.0 Å². The van der Waals surface area contributed by atoms with Gasteiger partial charge in [0.1, 0.15) is 0 Å². The number of amides is 2. The van der Waals surface area contributed by atoms with Crippen LogP contribution in [-0.2, 0) is 11.3 Å². The Morgan fingerprint density at radius 2 is 1.96 bits per heavy atom. The van der Waals surface area contributed by atoms with Gasteiger partial charge in [0.05, 0.1) is 16.4 Å². The van der Waals surface area contributed by atoms with Crippen molar-refractivity contribution in [1.29, 1.82) is 0 Å². The molecule has 2 amide bonds. The van der Waals surface area contributed by atoms with Gasteiger partial charge < -0.3 is 5.11 Å². The van der Waals surface area contributed by atoms with E-state index in [0.29, 0.717) is 22.3 Å². The molecule has 26 heavy (non-hydrogen) atoms. The van der Waals surface area contributed by atoms with E-state index < -0.39 is 27.5 Å². The molecular weight excluding hydrogens is 380 g/mol. The predicted octanol–water partition coefficient (Wildman–Crippen LogP) is 4.19. The normalized spacial score (nSPS) is 15.7. The topological polar surface area (TPSA) is 101 Å². The van der Waals surface area contributed by atoms with E-state index in [2.05, 4.69) is 0 Å². The Morgan fingerprint density at radius 1 is 1.23 bits per heavy atom. The van der Waals surface area contributed by atoms with E-state index in [9.17, 15) is 24.8 Å². The molecule has 3 rings (SSSR count). The number of nitro benzene ring substituents is 1. The van der Waals surface area contributed by atoms with Gasteiger partial charge in [-0.25, -0.2) is 0 Å². The van der Waals surface area contributed by atoms with Crippen LogP contribution in [0.5, 0.6) is 5.75 Å². The lowest BCUT2D eigenvalue weighted by Gasteiger charge is -2.12. The lowest BCUT2D eigenvalue weighted by atomic mass is 10.1. The lowest BCUT2D eigenvalue weighted by Crippen LogP contribution is -2.27. The Labute approximate surface area is 157 Å². The molecule has 2 aromatic rings. The number of hydrogen-bond donors (Lipinski definition) is 1. The van der Waals surface area contributed by atoms with Crippen LogP contribution in [0.2, 0.25) is 5.02 Å². The summed E-state index contributed by atoms with van der Waals surface area (Å²) in [6.07, 6.45) is 1.27. The fraction of sp³-hybridized carbons (Fsp3) is 0.0588.